The predicted octanol–water partition coefficient (Wildman–Crippen LogP) is 3.03. The van der Waals surface area contributed by atoms with Crippen molar-refractivity contribution < 1.29 is 4.79 Å². The van der Waals surface area contributed by atoms with E-state index >= 15 is 0 Å². The van der Waals surface area contributed by atoms with E-state index in [0.717, 1.165) is 39.8 Å². The van der Waals surface area contributed by atoms with Crippen LogP contribution >= 0.6 is 11.3 Å². The maximum atomic E-state index is 12.6. The highest BCUT2D eigenvalue weighted by atomic mass is 32.1. The highest BCUT2D eigenvalue weighted by Crippen LogP contribution is 2.36. The van der Waals surface area contributed by atoms with Crippen molar-refractivity contribution in [2.45, 2.75) is 32.6 Å². The van der Waals surface area contributed by atoms with Crippen molar-refractivity contribution in [2.24, 2.45) is 0 Å². The fourth-order valence-electron chi connectivity index (χ4n) is 3.25. The first-order chi connectivity index (χ1) is 13.1. The van der Waals surface area contributed by atoms with Gasteiger partial charge in [-0.05, 0) is 32.8 Å². The third-order valence-corrected chi connectivity index (χ3v) is 6.10. The molecular formula is C19H20N6OS. The van der Waals surface area contributed by atoms with Gasteiger partial charge in [0.05, 0.1) is 33.2 Å². The number of carbonyl (C=O) groups excluding carboxylic acids is 1. The summed E-state index contributed by atoms with van der Waals surface area (Å²) in [6.45, 7) is 5.30. The van der Waals surface area contributed by atoms with Crippen LogP contribution in [0, 0.1) is 13.8 Å². The van der Waals surface area contributed by atoms with Gasteiger partial charge in [0.15, 0.2) is 0 Å². The lowest BCUT2D eigenvalue weighted by Crippen LogP contribution is -2.38. The number of nitrogens with zero attached hydrogens (tertiary/aromatic N) is 6. The lowest BCUT2D eigenvalue weighted by Gasteiger charge is -2.30. The van der Waals surface area contributed by atoms with Crippen LogP contribution in [0.25, 0.3) is 10.6 Å². The monoisotopic (exact) mass is 380 g/mol. The normalized spacial score (nSPS) is 15.1. The molecule has 27 heavy (non-hydrogen) atoms. The summed E-state index contributed by atoms with van der Waals surface area (Å²) in [5.74, 6) is 0.329. The summed E-state index contributed by atoms with van der Waals surface area (Å²) < 4.78 is 0. The van der Waals surface area contributed by atoms with E-state index in [4.69, 9.17) is 4.98 Å². The van der Waals surface area contributed by atoms with Crippen LogP contribution in [0.1, 0.15) is 45.6 Å². The molecule has 0 N–H and O–H groups in total. The fraction of sp³-hybridized carbons (Fsp3) is 0.368. The Kier molecular flexibility index (Phi) is 4.89. The minimum Gasteiger partial charge on any atom is -0.337 e. The van der Waals surface area contributed by atoms with Gasteiger partial charge in [-0.25, -0.2) is 19.9 Å². The molecule has 1 saturated heterocycles. The van der Waals surface area contributed by atoms with Crippen molar-refractivity contribution in [1.82, 2.24) is 29.8 Å². The highest BCUT2D eigenvalue weighted by molar-refractivity contribution is 7.15. The van der Waals surface area contributed by atoms with E-state index in [1.165, 1.54) is 0 Å². The third-order valence-electron chi connectivity index (χ3n) is 4.76. The molecule has 1 aliphatic rings. The van der Waals surface area contributed by atoms with Gasteiger partial charge in [-0.1, -0.05) is 0 Å². The topological polar surface area (TPSA) is 84.8 Å². The second kappa shape index (κ2) is 7.48. The maximum absolute atomic E-state index is 12.6. The molecule has 4 rings (SSSR count). The van der Waals surface area contributed by atoms with E-state index in [2.05, 4.69) is 19.9 Å². The fourth-order valence-corrected chi connectivity index (χ4v) is 4.46. The largest absolute Gasteiger partial charge is 0.337 e. The summed E-state index contributed by atoms with van der Waals surface area (Å²) >= 11 is 1.70. The smallest absolute Gasteiger partial charge is 0.274 e. The predicted molar refractivity (Wildman–Crippen MR) is 103 cm³/mol. The zero-order valence-electron chi connectivity index (χ0n) is 15.3. The Morgan fingerprint density at radius 2 is 1.96 bits per heavy atom. The van der Waals surface area contributed by atoms with Gasteiger partial charge in [-0.3, -0.25) is 9.78 Å². The Bertz CT molecular complexity index is 933. The van der Waals surface area contributed by atoms with Crippen molar-refractivity contribution in [3.63, 3.8) is 0 Å². The molecule has 0 aromatic carbocycles. The number of aromatic nitrogens is 5. The van der Waals surface area contributed by atoms with E-state index in [1.54, 1.807) is 36.3 Å². The third kappa shape index (κ3) is 3.71. The van der Waals surface area contributed by atoms with Gasteiger partial charge >= 0.3 is 0 Å². The molecule has 0 atom stereocenters. The molecule has 0 radical (unpaired) electrons. The molecule has 8 heteroatoms. The van der Waals surface area contributed by atoms with Crippen LogP contribution < -0.4 is 0 Å². The van der Waals surface area contributed by atoms with E-state index in [-0.39, 0.29) is 5.91 Å². The van der Waals surface area contributed by atoms with Crippen molar-refractivity contribution in [3.8, 4) is 10.6 Å². The molecule has 1 amide bonds. The average molecular weight is 380 g/mol. The van der Waals surface area contributed by atoms with Crippen molar-refractivity contribution in [2.75, 3.05) is 13.1 Å². The second-order valence-electron chi connectivity index (χ2n) is 6.67. The molecule has 3 aromatic heterocycles. The Hall–Kier alpha value is -2.74. The molecule has 0 spiro atoms. The number of rotatable bonds is 3. The van der Waals surface area contributed by atoms with Crippen LogP contribution in [0.5, 0.6) is 0 Å². The summed E-state index contributed by atoms with van der Waals surface area (Å²) in [6, 6.07) is 1.91. The summed E-state index contributed by atoms with van der Waals surface area (Å²) in [7, 11) is 0. The van der Waals surface area contributed by atoms with E-state index in [1.807, 2.05) is 24.8 Å². The lowest BCUT2D eigenvalue weighted by molar-refractivity contribution is 0.0706. The Morgan fingerprint density at radius 3 is 2.63 bits per heavy atom. The number of thiazole rings is 1. The van der Waals surface area contributed by atoms with Gasteiger partial charge in [0.1, 0.15) is 12.0 Å². The highest BCUT2D eigenvalue weighted by Gasteiger charge is 2.27. The molecule has 4 heterocycles. The van der Waals surface area contributed by atoms with Gasteiger partial charge in [-0.15, -0.1) is 11.3 Å². The Labute approximate surface area is 161 Å². The zero-order valence-corrected chi connectivity index (χ0v) is 16.1. The molecule has 3 aromatic rings. The van der Waals surface area contributed by atoms with Crippen LogP contribution in [0.3, 0.4) is 0 Å². The van der Waals surface area contributed by atoms with Crippen LogP contribution in [-0.4, -0.2) is 48.8 Å². The number of carbonyl (C=O) groups is 1. The zero-order chi connectivity index (χ0) is 18.8. The summed E-state index contributed by atoms with van der Waals surface area (Å²) in [5, 5.41) is 1.13. The average Bonchev–Trinajstić information content (AvgIpc) is 3.10. The van der Waals surface area contributed by atoms with Crippen LogP contribution in [0.15, 0.2) is 31.0 Å². The van der Waals surface area contributed by atoms with E-state index in [9.17, 15) is 4.79 Å². The number of piperidine rings is 1. The van der Waals surface area contributed by atoms with Gasteiger partial charge in [0, 0.05) is 31.4 Å². The molecule has 0 unspecified atom stereocenters. The van der Waals surface area contributed by atoms with Crippen LogP contribution in [-0.2, 0) is 0 Å². The Morgan fingerprint density at radius 1 is 1.15 bits per heavy atom. The first kappa shape index (κ1) is 17.7. The van der Waals surface area contributed by atoms with Gasteiger partial charge < -0.3 is 4.90 Å². The quantitative estimate of drug-likeness (QED) is 0.694. The van der Waals surface area contributed by atoms with Gasteiger partial charge in [-0.2, -0.15) is 0 Å². The van der Waals surface area contributed by atoms with E-state index < -0.39 is 0 Å². The molecule has 1 fully saturated rings. The molecule has 138 valence electrons. The standard InChI is InChI=1S/C19H20N6OS/c1-12-9-22-16(10-21-12)19(26)25-7-4-14(5-8-25)18-24-13(2)17(27-18)15-3-6-20-11-23-15/h3,6,9-11,14H,4-5,7-8H2,1-2H3. The minimum atomic E-state index is -0.0436. The number of hydrogen-bond acceptors (Lipinski definition) is 7. The molecule has 0 bridgehead atoms. The molecule has 1 aliphatic heterocycles. The molecule has 0 saturated carbocycles. The molecule has 0 aliphatic carbocycles. The molecular weight excluding hydrogens is 360 g/mol. The minimum absolute atomic E-state index is 0.0436. The Balaban J connectivity index is 1.44. The first-order valence-corrected chi connectivity index (χ1v) is 9.75. The SMILES string of the molecule is Cc1cnc(C(=O)N2CCC(c3nc(C)c(-c4ccncn4)s3)CC2)cn1. The van der Waals surface area contributed by atoms with Crippen molar-refractivity contribution in [1.29, 1.82) is 0 Å². The van der Waals surface area contributed by atoms with Crippen LogP contribution in [0.2, 0.25) is 0 Å². The lowest BCUT2D eigenvalue weighted by atomic mass is 9.97. The number of amides is 1. The number of aryl methyl sites for hydroxylation is 2. The van der Waals surface area contributed by atoms with Crippen molar-refractivity contribution >= 4 is 17.2 Å². The molecule has 7 nitrogen and oxygen atoms in total. The first-order valence-electron chi connectivity index (χ1n) is 8.93. The van der Waals surface area contributed by atoms with Crippen LogP contribution in [0.4, 0.5) is 0 Å². The second-order valence-corrected chi connectivity index (χ2v) is 7.70. The summed E-state index contributed by atoms with van der Waals surface area (Å²) in [5.41, 5.74) is 3.14. The maximum Gasteiger partial charge on any atom is 0.274 e. The van der Waals surface area contributed by atoms with Crippen molar-refractivity contribution in [3.05, 3.63) is 53.1 Å². The number of likely N-dealkylation sites (tertiary alicyclic amines) is 1. The number of hydrogen-bond donors (Lipinski definition) is 0. The summed E-state index contributed by atoms with van der Waals surface area (Å²) in [4.78, 5) is 37.0. The van der Waals surface area contributed by atoms with Gasteiger partial charge in [0.2, 0.25) is 0 Å². The van der Waals surface area contributed by atoms with Gasteiger partial charge in [0.25, 0.3) is 5.91 Å². The summed E-state index contributed by atoms with van der Waals surface area (Å²) in [6.07, 6.45) is 8.31. The van der Waals surface area contributed by atoms with E-state index in [0.29, 0.717) is 24.7 Å².